The van der Waals surface area contributed by atoms with Crippen LogP contribution in [0.5, 0.6) is 0 Å². The zero-order chi connectivity index (χ0) is 18.5. The summed E-state index contributed by atoms with van der Waals surface area (Å²) in [7, 11) is 0. The fourth-order valence-electron chi connectivity index (χ4n) is 2.58. The minimum Gasteiger partial charge on any atom is -0.354 e. The Bertz CT molecular complexity index is 1050. The number of nitrogens with zero attached hydrogens (tertiary/aromatic N) is 4. The third-order valence-electron chi connectivity index (χ3n) is 4.00. The smallest absolute Gasteiger partial charge is 0.261 e. The quantitative estimate of drug-likeness (QED) is 0.694. The van der Waals surface area contributed by atoms with Gasteiger partial charge in [0, 0.05) is 37.8 Å². The Morgan fingerprint density at radius 3 is 2.65 bits per heavy atom. The Balaban J connectivity index is 1.54. The number of hydrogen-bond acceptors (Lipinski definition) is 5. The van der Waals surface area contributed by atoms with Crippen LogP contribution in [0.1, 0.15) is 12.1 Å². The third kappa shape index (κ3) is 4.02. The van der Waals surface area contributed by atoms with Crippen molar-refractivity contribution in [1.29, 1.82) is 0 Å². The summed E-state index contributed by atoms with van der Waals surface area (Å²) >= 11 is 0. The van der Waals surface area contributed by atoms with Crippen LogP contribution in [0.3, 0.4) is 0 Å². The molecule has 2 heterocycles. The maximum atomic E-state index is 12.4. The molecule has 1 N–H and O–H groups in total. The number of para-hydroxylation sites is 1. The predicted molar refractivity (Wildman–Crippen MR) is 96.9 cm³/mol. The van der Waals surface area contributed by atoms with Crippen molar-refractivity contribution in [3.8, 4) is 0 Å². The SMILES string of the molecule is Cc1cc(=O)n(CCNC(=O)CCn2cnc3ccccc3c2=O)cn1. The zero-order valence-corrected chi connectivity index (χ0v) is 14.4. The molecule has 8 nitrogen and oxygen atoms in total. The van der Waals surface area contributed by atoms with Gasteiger partial charge in [-0.15, -0.1) is 0 Å². The molecule has 0 aliphatic carbocycles. The number of fused-ring (bicyclic) bond motifs is 1. The second kappa shape index (κ2) is 7.73. The lowest BCUT2D eigenvalue weighted by atomic mass is 10.2. The van der Waals surface area contributed by atoms with E-state index in [1.807, 2.05) is 6.07 Å². The minimum atomic E-state index is -0.196. The third-order valence-corrected chi connectivity index (χ3v) is 4.00. The van der Waals surface area contributed by atoms with Gasteiger partial charge in [-0.25, -0.2) is 9.97 Å². The summed E-state index contributed by atoms with van der Waals surface area (Å²) in [6.07, 6.45) is 3.07. The second-order valence-corrected chi connectivity index (χ2v) is 5.92. The van der Waals surface area contributed by atoms with Gasteiger partial charge in [-0.1, -0.05) is 12.1 Å². The Labute approximate surface area is 149 Å². The summed E-state index contributed by atoms with van der Waals surface area (Å²) in [6.45, 7) is 2.65. The van der Waals surface area contributed by atoms with Crippen LogP contribution in [0, 0.1) is 6.92 Å². The highest BCUT2D eigenvalue weighted by molar-refractivity contribution is 5.77. The van der Waals surface area contributed by atoms with E-state index in [0.29, 0.717) is 29.7 Å². The van der Waals surface area contributed by atoms with Crippen LogP contribution in [0.4, 0.5) is 0 Å². The molecule has 0 saturated heterocycles. The fourth-order valence-corrected chi connectivity index (χ4v) is 2.58. The van der Waals surface area contributed by atoms with Gasteiger partial charge in [0.05, 0.1) is 23.6 Å². The highest BCUT2D eigenvalue weighted by Gasteiger charge is 2.06. The lowest BCUT2D eigenvalue weighted by Crippen LogP contribution is -2.32. The number of carbonyl (C=O) groups is 1. The van der Waals surface area contributed by atoms with E-state index in [0.717, 1.165) is 0 Å². The lowest BCUT2D eigenvalue weighted by Gasteiger charge is -2.09. The number of aromatic nitrogens is 4. The Morgan fingerprint density at radius 2 is 1.85 bits per heavy atom. The van der Waals surface area contributed by atoms with Crippen LogP contribution in [0.2, 0.25) is 0 Å². The van der Waals surface area contributed by atoms with Crippen molar-refractivity contribution in [3.63, 3.8) is 0 Å². The van der Waals surface area contributed by atoms with Crippen molar-refractivity contribution in [1.82, 2.24) is 24.4 Å². The standard InChI is InChI=1S/C18H19N5O3/c1-13-10-17(25)22(11-20-13)9-7-19-16(24)6-8-23-12-21-15-5-3-2-4-14(15)18(23)26/h2-5,10-12H,6-9H2,1H3,(H,19,24). The number of nitrogens with one attached hydrogen (secondary N) is 1. The molecular weight excluding hydrogens is 334 g/mol. The summed E-state index contributed by atoms with van der Waals surface area (Å²) in [5.41, 5.74) is 0.973. The summed E-state index contributed by atoms with van der Waals surface area (Å²) in [5, 5.41) is 3.27. The molecule has 0 radical (unpaired) electrons. The summed E-state index contributed by atoms with van der Waals surface area (Å²) in [6, 6.07) is 8.54. The van der Waals surface area contributed by atoms with Crippen LogP contribution >= 0.6 is 0 Å². The number of rotatable bonds is 6. The van der Waals surface area contributed by atoms with Crippen LogP contribution in [0.15, 0.2) is 52.6 Å². The molecule has 8 heteroatoms. The van der Waals surface area contributed by atoms with E-state index in [-0.39, 0.29) is 30.0 Å². The average Bonchev–Trinajstić information content (AvgIpc) is 2.63. The van der Waals surface area contributed by atoms with Crippen molar-refractivity contribution >= 4 is 16.8 Å². The van der Waals surface area contributed by atoms with Gasteiger partial charge in [0.25, 0.3) is 11.1 Å². The lowest BCUT2D eigenvalue weighted by molar-refractivity contribution is -0.121. The van der Waals surface area contributed by atoms with Crippen LogP contribution in [0.25, 0.3) is 10.9 Å². The van der Waals surface area contributed by atoms with Gasteiger partial charge < -0.3 is 5.32 Å². The maximum absolute atomic E-state index is 12.4. The van der Waals surface area contributed by atoms with Crippen molar-refractivity contribution in [2.24, 2.45) is 0 Å². The molecule has 0 bridgehead atoms. The Kier molecular flexibility index (Phi) is 5.21. The molecule has 2 aromatic heterocycles. The molecular formula is C18H19N5O3. The monoisotopic (exact) mass is 353 g/mol. The molecule has 0 aliphatic rings. The summed E-state index contributed by atoms with van der Waals surface area (Å²) < 4.78 is 2.86. The predicted octanol–water partition coefficient (Wildman–Crippen LogP) is 0.468. The van der Waals surface area contributed by atoms with Crippen LogP contribution in [-0.2, 0) is 17.9 Å². The van der Waals surface area contributed by atoms with Gasteiger partial charge in [0.2, 0.25) is 5.91 Å². The van der Waals surface area contributed by atoms with Crippen molar-refractivity contribution in [3.05, 3.63) is 69.4 Å². The number of benzene rings is 1. The Hall–Kier alpha value is -3.29. The summed E-state index contributed by atoms with van der Waals surface area (Å²) in [4.78, 5) is 44.3. The number of amides is 1. The fraction of sp³-hybridized carbons (Fsp3) is 0.278. The number of hydrogen-bond donors (Lipinski definition) is 1. The molecule has 1 amide bonds. The molecule has 0 unspecified atom stereocenters. The van der Waals surface area contributed by atoms with E-state index >= 15 is 0 Å². The number of carbonyl (C=O) groups excluding carboxylic acids is 1. The van der Waals surface area contributed by atoms with Gasteiger partial charge in [-0.05, 0) is 19.1 Å². The first-order chi connectivity index (χ1) is 12.5. The second-order valence-electron chi connectivity index (χ2n) is 5.92. The molecule has 0 fully saturated rings. The largest absolute Gasteiger partial charge is 0.354 e. The van der Waals surface area contributed by atoms with Crippen molar-refractivity contribution < 1.29 is 4.79 Å². The molecule has 1 aromatic carbocycles. The van der Waals surface area contributed by atoms with E-state index in [1.54, 1.807) is 25.1 Å². The maximum Gasteiger partial charge on any atom is 0.261 e. The van der Waals surface area contributed by atoms with Gasteiger partial charge in [-0.2, -0.15) is 0 Å². The minimum absolute atomic E-state index is 0.152. The van der Waals surface area contributed by atoms with Gasteiger partial charge in [-0.3, -0.25) is 23.5 Å². The zero-order valence-electron chi connectivity index (χ0n) is 14.4. The highest BCUT2D eigenvalue weighted by atomic mass is 16.2. The van der Waals surface area contributed by atoms with Gasteiger partial charge >= 0.3 is 0 Å². The molecule has 0 saturated carbocycles. The average molecular weight is 353 g/mol. The molecule has 0 spiro atoms. The van der Waals surface area contributed by atoms with E-state index in [2.05, 4.69) is 15.3 Å². The van der Waals surface area contributed by atoms with E-state index < -0.39 is 0 Å². The van der Waals surface area contributed by atoms with Gasteiger partial charge in [0.1, 0.15) is 0 Å². The van der Waals surface area contributed by atoms with Crippen LogP contribution < -0.4 is 16.4 Å². The topological polar surface area (TPSA) is 98.9 Å². The van der Waals surface area contributed by atoms with Crippen LogP contribution in [-0.4, -0.2) is 31.6 Å². The summed E-state index contributed by atoms with van der Waals surface area (Å²) in [5.74, 6) is -0.196. The first kappa shape index (κ1) is 17.5. The highest BCUT2D eigenvalue weighted by Crippen LogP contribution is 2.04. The van der Waals surface area contributed by atoms with Crippen molar-refractivity contribution in [2.75, 3.05) is 6.54 Å². The van der Waals surface area contributed by atoms with E-state index in [9.17, 15) is 14.4 Å². The number of aryl methyl sites for hydroxylation is 2. The van der Waals surface area contributed by atoms with Gasteiger partial charge in [0.15, 0.2) is 0 Å². The normalized spacial score (nSPS) is 10.8. The molecule has 0 atom stereocenters. The van der Waals surface area contributed by atoms with Crippen molar-refractivity contribution in [2.45, 2.75) is 26.4 Å². The molecule has 134 valence electrons. The first-order valence-corrected chi connectivity index (χ1v) is 8.28. The molecule has 3 rings (SSSR count). The Morgan fingerprint density at radius 1 is 1.08 bits per heavy atom. The molecule has 0 aliphatic heterocycles. The van der Waals surface area contributed by atoms with E-state index in [4.69, 9.17) is 0 Å². The molecule has 3 aromatic rings. The molecule has 26 heavy (non-hydrogen) atoms. The van der Waals surface area contributed by atoms with E-state index in [1.165, 1.54) is 27.9 Å². The first-order valence-electron chi connectivity index (χ1n) is 8.28.